The highest BCUT2D eigenvalue weighted by Gasteiger charge is 2.27. The van der Waals surface area contributed by atoms with Crippen LogP contribution >= 0.6 is 0 Å². The first-order valence-corrected chi connectivity index (χ1v) is 10.2. The number of aromatic nitrogens is 2. The Morgan fingerprint density at radius 1 is 1.21 bits per heavy atom. The number of nitrogens with one attached hydrogen (secondary N) is 2. The van der Waals surface area contributed by atoms with E-state index in [-0.39, 0.29) is 17.9 Å². The Hall–Kier alpha value is -2.25. The number of fused-ring (bicyclic) bond motifs is 1. The molecule has 1 aliphatic rings. The summed E-state index contributed by atoms with van der Waals surface area (Å²) in [6.07, 6.45) is 2.32. The van der Waals surface area contributed by atoms with Crippen molar-refractivity contribution in [2.75, 3.05) is 32.8 Å². The number of hydrogen-bond donors (Lipinski definition) is 2. The average molecular weight is 386 g/mol. The van der Waals surface area contributed by atoms with Crippen molar-refractivity contribution in [1.82, 2.24) is 20.4 Å². The van der Waals surface area contributed by atoms with E-state index in [0.717, 1.165) is 44.5 Å². The minimum atomic E-state index is -0.235. The predicted octanol–water partition coefficient (Wildman–Crippen LogP) is 1.72. The first-order chi connectivity index (χ1) is 13.6. The van der Waals surface area contributed by atoms with Crippen molar-refractivity contribution >= 4 is 16.7 Å². The smallest absolute Gasteiger partial charge is 0.272 e. The topological polar surface area (TPSA) is 87.3 Å². The summed E-state index contributed by atoms with van der Waals surface area (Å²) in [4.78, 5) is 27.0. The van der Waals surface area contributed by atoms with Crippen molar-refractivity contribution in [2.45, 2.75) is 39.2 Å². The summed E-state index contributed by atoms with van der Waals surface area (Å²) in [5, 5.41) is 11.0. The standard InChI is InChI=1S/C21H30N4O3/c1-3-15(4-2)19(25-9-11-28-12-10-25)14-22-20(26)13-18-16-7-5-6-8-17(16)21(27)24-23-18/h5-8,15,19H,3-4,9-14H2,1-2H3,(H,22,26)(H,24,27). The normalized spacial score (nSPS) is 16.4. The highest BCUT2D eigenvalue weighted by atomic mass is 16.5. The molecular weight excluding hydrogens is 356 g/mol. The zero-order valence-corrected chi connectivity index (χ0v) is 16.7. The zero-order chi connectivity index (χ0) is 19.9. The summed E-state index contributed by atoms with van der Waals surface area (Å²) in [5.41, 5.74) is 0.360. The predicted molar refractivity (Wildman–Crippen MR) is 109 cm³/mol. The lowest BCUT2D eigenvalue weighted by molar-refractivity contribution is -0.121. The number of ether oxygens (including phenoxy) is 1. The summed E-state index contributed by atoms with van der Waals surface area (Å²) in [6.45, 7) is 8.34. The molecule has 2 aromatic rings. The van der Waals surface area contributed by atoms with Gasteiger partial charge in [0.05, 0.1) is 30.7 Å². The number of rotatable bonds is 8. The van der Waals surface area contributed by atoms with Crippen LogP contribution in [0.3, 0.4) is 0 Å². The molecule has 1 aromatic heterocycles. The summed E-state index contributed by atoms with van der Waals surface area (Å²) in [6, 6.07) is 7.55. The van der Waals surface area contributed by atoms with E-state index in [2.05, 4.69) is 34.3 Å². The highest BCUT2D eigenvalue weighted by Crippen LogP contribution is 2.20. The number of benzene rings is 1. The Bertz CT molecular complexity index is 841. The number of morpholine rings is 1. The van der Waals surface area contributed by atoms with E-state index >= 15 is 0 Å². The molecule has 0 bridgehead atoms. The first-order valence-electron chi connectivity index (χ1n) is 10.2. The fraction of sp³-hybridized carbons (Fsp3) is 0.571. The van der Waals surface area contributed by atoms with Gasteiger partial charge in [-0.15, -0.1) is 0 Å². The van der Waals surface area contributed by atoms with Crippen LogP contribution in [0.4, 0.5) is 0 Å². The van der Waals surface area contributed by atoms with Gasteiger partial charge >= 0.3 is 0 Å². The van der Waals surface area contributed by atoms with Gasteiger partial charge in [0.15, 0.2) is 0 Å². The molecule has 7 heteroatoms. The fourth-order valence-electron chi connectivity index (χ4n) is 4.08. The van der Waals surface area contributed by atoms with Gasteiger partial charge < -0.3 is 10.1 Å². The maximum atomic E-state index is 12.6. The summed E-state index contributed by atoms with van der Waals surface area (Å²) >= 11 is 0. The molecule has 1 atom stereocenters. The van der Waals surface area contributed by atoms with Gasteiger partial charge in [-0.25, -0.2) is 5.10 Å². The zero-order valence-electron chi connectivity index (χ0n) is 16.7. The van der Waals surface area contributed by atoms with Crippen LogP contribution in [0.25, 0.3) is 10.8 Å². The van der Waals surface area contributed by atoms with Crippen molar-refractivity contribution in [3.05, 3.63) is 40.3 Å². The Labute approximate surface area is 165 Å². The van der Waals surface area contributed by atoms with E-state index in [9.17, 15) is 9.59 Å². The second kappa shape index (κ2) is 9.80. The second-order valence-electron chi connectivity index (χ2n) is 7.32. The molecule has 2 heterocycles. The monoisotopic (exact) mass is 386 g/mol. The molecule has 1 aromatic carbocycles. The molecule has 2 N–H and O–H groups in total. The van der Waals surface area contributed by atoms with Gasteiger partial charge in [-0.2, -0.15) is 5.10 Å². The molecule has 0 aliphatic carbocycles. The van der Waals surface area contributed by atoms with Crippen LogP contribution < -0.4 is 10.9 Å². The molecule has 28 heavy (non-hydrogen) atoms. The molecule has 0 spiro atoms. The maximum absolute atomic E-state index is 12.6. The van der Waals surface area contributed by atoms with Gasteiger partial charge in [-0.3, -0.25) is 14.5 Å². The molecule has 1 fully saturated rings. The molecule has 1 amide bonds. The fourth-order valence-corrected chi connectivity index (χ4v) is 4.08. The van der Waals surface area contributed by atoms with Gasteiger partial charge in [0.25, 0.3) is 5.56 Å². The lowest BCUT2D eigenvalue weighted by Crippen LogP contribution is -2.52. The van der Waals surface area contributed by atoms with E-state index in [0.29, 0.717) is 29.6 Å². The summed E-state index contributed by atoms with van der Waals surface area (Å²) < 4.78 is 5.49. The second-order valence-corrected chi connectivity index (χ2v) is 7.32. The Balaban J connectivity index is 1.68. The Kier molecular flexibility index (Phi) is 7.17. The first kappa shape index (κ1) is 20.5. The third-order valence-corrected chi connectivity index (χ3v) is 5.72. The molecule has 0 saturated carbocycles. The highest BCUT2D eigenvalue weighted by molar-refractivity contribution is 5.88. The average Bonchev–Trinajstić information content (AvgIpc) is 2.74. The van der Waals surface area contributed by atoms with E-state index in [4.69, 9.17) is 4.74 Å². The van der Waals surface area contributed by atoms with Crippen LogP contribution in [-0.2, 0) is 16.0 Å². The van der Waals surface area contributed by atoms with Gasteiger partial charge in [-0.05, 0) is 12.0 Å². The number of carbonyl (C=O) groups excluding carboxylic acids is 1. The Morgan fingerprint density at radius 2 is 1.89 bits per heavy atom. The van der Waals surface area contributed by atoms with Crippen LogP contribution in [-0.4, -0.2) is 59.9 Å². The number of carbonyl (C=O) groups is 1. The van der Waals surface area contributed by atoms with Crippen LogP contribution in [0, 0.1) is 5.92 Å². The minimum absolute atomic E-state index is 0.0751. The third-order valence-electron chi connectivity index (χ3n) is 5.72. The number of H-pyrrole nitrogens is 1. The Morgan fingerprint density at radius 3 is 2.57 bits per heavy atom. The lowest BCUT2D eigenvalue weighted by Gasteiger charge is -2.38. The largest absolute Gasteiger partial charge is 0.379 e. The summed E-state index contributed by atoms with van der Waals surface area (Å²) in [5.74, 6) is 0.458. The van der Waals surface area contributed by atoms with Crippen LogP contribution in [0.5, 0.6) is 0 Å². The molecule has 7 nitrogen and oxygen atoms in total. The molecule has 0 radical (unpaired) electrons. The van der Waals surface area contributed by atoms with Crippen molar-refractivity contribution in [3.63, 3.8) is 0 Å². The molecule has 3 rings (SSSR count). The molecule has 1 saturated heterocycles. The van der Waals surface area contributed by atoms with Gasteiger partial charge in [0, 0.05) is 31.1 Å². The van der Waals surface area contributed by atoms with Gasteiger partial charge in [0.2, 0.25) is 5.91 Å². The molecule has 152 valence electrons. The number of amides is 1. The van der Waals surface area contributed by atoms with Crippen LogP contribution in [0.2, 0.25) is 0 Å². The van der Waals surface area contributed by atoms with E-state index in [1.165, 1.54) is 0 Å². The number of aromatic amines is 1. The SMILES string of the molecule is CCC(CC)C(CNC(=O)Cc1n[nH]c(=O)c2ccccc12)N1CCOCC1. The van der Waals surface area contributed by atoms with Crippen molar-refractivity contribution in [3.8, 4) is 0 Å². The number of nitrogens with zero attached hydrogens (tertiary/aromatic N) is 2. The van der Waals surface area contributed by atoms with E-state index in [1.807, 2.05) is 18.2 Å². The van der Waals surface area contributed by atoms with E-state index < -0.39 is 0 Å². The minimum Gasteiger partial charge on any atom is -0.379 e. The third kappa shape index (κ3) is 4.77. The van der Waals surface area contributed by atoms with Crippen LogP contribution in [0.15, 0.2) is 29.1 Å². The molecule has 1 unspecified atom stereocenters. The van der Waals surface area contributed by atoms with Gasteiger partial charge in [0.1, 0.15) is 0 Å². The van der Waals surface area contributed by atoms with Crippen LogP contribution in [0.1, 0.15) is 32.4 Å². The lowest BCUT2D eigenvalue weighted by atomic mass is 9.92. The summed E-state index contributed by atoms with van der Waals surface area (Å²) in [7, 11) is 0. The molecular formula is C21H30N4O3. The number of hydrogen-bond acceptors (Lipinski definition) is 5. The quantitative estimate of drug-likeness (QED) is 0.721. The maximum Gasteiger partial charge on any atom is 0.272 e. The van der Waals surface area contributed by atoms with E-state index in [1.54, 1.807) is 6.07 Å². The van der Waals surface area contributed by atoms with Crippen molar-refractivity contribution in [2.24, 2.45) is 5.92 Å². The molecule has 1 aliphatic heterocycles. The van der Waals surface area contributed by atoms with Gasteiger partial charge in [-0.1, -0.05) is 44.9 Å². The van der Waals surface area contributed by atoms with Crippen molar-refractivity contribution in [1.29, 1.82) is 0 Å². The van der Waals surface area contributed by atoms with Crippen molar-refractivity contribution < 1.29 is 9.53 Å².